The van der Waals surface area contributed by atoms with E-state index in [-0.39, 0.29) is 11.4 Å². The lowest BCUT2D eigenvalue weighted by molar-refractivity contribution is -0.384. The van der Waals surface area contributed by atoms with Crippen LogP contribution in [-0.4, -0.2) is 21.0 Å². The third-order valence-corrected chi connectivity index (χ3v) is 2.88. The van der Waals surface area contributed by atoms with E-state index in [2.05, 4.69) is 4.74 Å². The van der Waals surface area contributed by atoms with E-state index < -0.39 is 27.4 Å². The smallest absolute Gasteiger partial charge is 0.390 e. The van der Waals surface area contributed by atoms with E-state index in [4.69, 9.17) is 0 Å². The Labute approximate surface area is 119 Å². The molecule has 1 unspecified atom stereocenters. The van der Waals surface area contributed by atoms with E-state index in [0.29, 0.717) is 0 Å². The van der Waals surface area contributed by atoms with Gasteiger partial charge in [0.25, 0.3) is 5.69 Å². The number of benzene rings is 1. The minimum Gasteiger partial charge on any atom is -0.426 e. The van der Waals surface area contributed by atoms with Gasteiger partial charge >= 0.3 is 12.1 Å². The largest absolute Gasteiger partial charge is 0.426 e. The van der Waals surface area contributed by atoms with Gasteiger partial charge in [-0.05, 0) is 12.1 Å². The molecule has 19 heavy (non-hydrogen) atoms. The van der Waals surface area contributed by atoms with Crippen LogP contribution in [0.4, 0.5) is 18.9 Å². The predicted octanol–water partition coefficient (Wildman–Crippen LogP) is 3.26. The third-order valence-electron chi connectivity index (χ3n) is 1.93. The first-order valence-electron chi connectivity index (χ1n) is 4.86. The molecule has 0 aliphatic rings. The molecule has 0 bridgehead atoms. The summed E-state index contributed by atoms with van der Waals surface area (Å²) >= 11 is 1.33. The first-order chi connectivity index (χ1) is 8.69. The zero-order valence-corrected chi connectivity index (χ0v) is 11.3. The second kappa shape index (κ2) is 6.17. The van der Waals surface area contributed by atoms with E-state index in [0.717, 1.165) is 24.3 Å². The highest BCUT2D eigenvalue weighted by Gasteiger charge is 2.34. The fourth-order valence-electron chi connectivity index (χ4n) is 1.10. The highest BCUT2D eigenvalue weighted by molar-refractivity contribution is 14.1. The molecule has 0 fully saturated rings. The van der Waals surface area contributed by atoms with Crippen molar-refractivity contribution in [1.29, 1.82) is 0 Å². The second-order valence-electron chi connectivity index (χ2n) is 3.46. The summed E-state index contributed by atoms with van der Waals surface area (Å²) in [6.07, 6.45) is -5.75. The maximum Gasteiger partial charge on any atom is 0.390 e. The predicted molar refractivity (Wildman–Crippen MR) is 67.2 cm³/mol. The zero-order valence-electron chi connectivity index (χ0n) is 9.19. The summed E-state index contributed by atoms with van der Waals surface area (Å²) < 4.78 is 39.5. The SMILES string of the molecule is O=C(Oc1ccc([N+](=O)[O-])cc1)C(I)CC(F)(F)F. The number of carbonyl (C=O) groups is 1. The van der Waals surface area contributed by atoms with Gasteiger partial charge in [0.1, 0.15) is 9.67 Å². The van der Waals surface area contributed by atoms with Crippen molar-refractivity contribution < 1.29 is 27.6 Å². The maximum atomic E-state index is 12.1. The first-order valence-corrected chi connectivity index (χ1v) is 6.10. The van der Waals surface area contributed by atoms with Gasteiger partial charge in [0.2, 0.25) is 0 Å². The average molecular weight is 389 g/mol. The molecule has 0 aromatic heterocycles. The molecule has 0 N–H and O–H groups in total. The van der Waals surface area contributed by atoms with Gasteiger partial charge in [-0.3, -0.25) is 14.9 Å². The fraction of sp³-hybridized carbons (Fsp3) is 0.300. The highest BCUT2D eigenvalue weighted by Crippen LogP contribution is 2.26. The van der Waals surface area contributed by atoms with Gasteiger partial charge in [0.15, 0.2) is 0 Å². The Morgan fingerprint density at radius 2 is 1.89 bits per heavy atom. The van der Waals surface area contributed by atoms with E-state index in [1.165, 1.54) is 22.6 Å². The van der Waals surface area contributed by atoms with Crippen LogP contribution in [0.1, 0.15) is 6.42 Å². The fourth-order valence-corrected chi connectivity index (χ4v) is 1.73. The monoisotopic (exact) mass is 389 g/mol. The van der Waals surface area contributed by atoms with Crippen LogP contribution < -0.4 is 4.74 Å². The van der Waals surface area contributed by atoms with Crippen LogP contribution >= 0.6 is 22.6 Å². The van der Waals surface area contributed by atoms with Crippen LogP contribution in [0.25, 0.3) is 0 Å². The molecule has 0 saturated heterocycles. The molecule has 0 heterocycles. The molecular weight excluding hydrogens is 382 g/mol. The molecule has 1 aromatic rings. The summed E-state index contributed by atoms with van der Waals surface area (Å²) in [5.74, 6) is -1.09. The number of hydrogen-bond acceptors (Lipinski definition) is 4. The van der Waals surface area contributed by atoms with Crippen molar-refractivity contribution in [2.24, 2.45) is 0 Å². The third kappa shape index (κ3) is 5.41. The Bertz CT molecular complexity index is 475. The first kappa shape index (κ1) is 15.7. The molecule has 1 atom stereocenters. The van der Waals surface area contributed by atoms with Crippen molar-refractivity contribution in [2.45, 2.75) is 16.5 Å². The summed E-state index contributed by atoms with van der Waals surface area (Å²) in [4.78, 5) is 21.1. The van der Waals surface area contributed by atoms with Gasteiger partial charge in [-0.2, -0.15) is 13.2 Å². The number of halogens is 4. The van der Waals surface area contributed by atoms with E-state index >= 15 is 0 Å². The topological polar surface area (TPSA) is 69.4 Å². The summed E-state index contributed by atoms with van der Waals surface area (Å²) in [7, 11) is 0. The number of rotatable bonds is 4. The van der Waals surface area contributed by atoms with Crippen molar-refractivity contribution in [3.8, 4) is 5.75 Å². The number of nitro groups is 1. The minimum absolute atomic E-state index is 0.0422. The van der Waals surface area contributed by atoms with Crippen LogP contribution in [0, 0.1) is 10.1 Å². The van der Waals surface area contributed by atoms with Gasteiger partial charge in [-0.15, -0.1) is 0 Å². The van der Waals surface area contributed by atoms with Crippen LogP contribution in [0.15, 0.2) is 24.3 Å². The lowest BCUT2D eigenvalue weighted by Crippen LogP contribution is -2.26. The molecule has 1 rings (SSSR count). The van der Waals surface area contributed by atoms with E-state index in [1.54, 1.807) is 0 Å². The summed E-state index contributed by atoms with van der Waals surface area (Å²) in [6.45, 7) is 0. The number of alkyl halides is 4. The minimum atomic E-state index is -4.46. The van der Waals surface area contributed by atoms with E-state index in [9.17, 15) is 28.1 Å². The van der Waals surface area contributed by atoms with Crippen molar-refractivity contribution >= 4 is 34.2 Å². The lowest BCUT2D eigenvalue weighted by atomic mass is 10.3. The Balaban J connectivity index is 2.64. The molecule has 5 nitrogen and oxygen atoms in total. The summed E-state index contributed by atoms with van der Waals surface area (Å²) in [5.41, 5.74) is -0.207. The molecule has 0 spiro atoms. The molecule has 0 aliphatic heterocycles. The van der Waals surface area contributed by atoms with Gasteiger partial charge in [0, 0.05) is 12.1 Å². The second-order valence-corrected chi connectivity index (χ2v) is 4.96. The summed E-state index contributed by atoms with van der Waals surface area (Å²) in [5, 5.41) is 10.4. The van der Waals surface area contributed by atoms with Gasteiger partial charge in [0.05, 0.1) is 11.3 Å². The van der Waals surface area contributed by atoms with Crippen LogP contribution in [0.3, 0.4) is 0 Å². The number of nitrogens with zero attached hydrogens (tertiary/aromatic N) is 1. The van der Waals surface area contributed by atoms with Gasteiger partial charge in [-0.1, -0.05) is 22.6 Å². The molecule has 104 valence electrons. The van der Waals surface area contributed by atoms with Crippen LogP contribution in [0.5, 0.6) is 5.75 Å². The Morgan fingerprint density at radius 3 is 2.32 bits per heavy atom. The Hall–Kier alpha value is -1.39. The number of ether oxygens (including phenoxy) is 1. The normalized spacial score (nSPS) is 12.8. The molecule has 9 heteroatoms. The number of carbonyl (C=O) groups excluding carboxylic acids is 1. The Morgan fingerprint density at radius 1 is 1.37 bits per heavy atom. The number of non-ortho nitro benzene ring substituents is 1. The molecule has 0 amide bonds. The van der Waals surface area contributed by atoms with Gasteiger partial charge in [-0.25, -0.2) is 0 Å². The van der Waals surface area contributed by atoms with E-state index in [1.807, 2.05) is 0 Å². The van der Waals surface area contributed by atoms with Crippen LogP contribution in [-0.2, 0) is 4.79 Å². The van der Waals surface area contributed by atoms with Crippen molar-refractivity contribution in [2.75, 3.05) is 0 Å². The number of nitro benzene ring substituents is 1. The molecule has 1 aromatic carbocycles. The quantitative estimate of drug-likeness (QED) is 0.198. The maximum absolute atomic E-state index is 12.1. The standard InChI is InChI=1S/C10H7F3INO4/c11-10(12,13)5-8(14)9(16)19-7-3-1-6(2-4-7)15(17)18/h1-4,8H,5H2. The zero-order chi connectivity index (χ0) is 14.6. The van der Waals surface area contributed by atoms with Gasteiger partial charge < -0.3 is 4.74 Å². The summed E-state index contributed by atoms with van der Waals surface area (Å²) in [6, 6.07) is 4.48. The van der Waals surface area contributed by atoms with Crippen molar-refractivity contribution in [3.05, 3.63) is 34.4 Å². The molecule has 0 saturated carbocycles. The number of hydrogen-bond donors (Lipinski definition) is 0. The Kier molecular flexibility index (Phi) is 5.09. The van der Waals surface area contributed by atoms with Crippen LogP contribution in [0.2, 0.25) is 0 Å². The average Bonchev–Trinajstić information content (AvgIpc) is 2.27. The van der Waals surface area contributed by atoms with Crippen molar-refractivity contribution in [3.63, 3.8) is 0 Å². The lowest BCUT2D eigenvalue weighted by Gasteiger charge is -2.11. The van der Waals surface area contributed by atoms with Crippen molar-refractivity contribution in [1.82, 2.24) is 0 Å². The number of esters is 1. The molecule has 0 aliphatic carbocycles. The molecule has 0 radical (unpaired) electrons. The highest BCUT2D eigenvalue weighted by atomic mass is 127. The molecular formula is C10H7F3INO4.